The van der Waals surface area contributed by atoms with E-state index in [9.17, 15) is 4.79 Å². The van der Waals surface area contributed by atoms with Crippen molar-refractivity contribution in [1.29, 1.82) is 0 Å². The van der Waals surface area contributed by atoms with Gasteiger partial charge in [-0.2, -0.15) is 0 Å². The van der Waals surface area contributed by atoms with Crippen molar-refractivity contribution in [3.63, 3.8) is 0 Å². The standard InChI is InChI=1S/C25H32N2O/c1-20(21-12-14-23(15-13-21)27-18-8-3-9-19-27)26-24(28)25(16-6-7-17-25)22-10-4-2-5-11-22/h2,4-5,10-15,20H,3,6-9,16-19H2,1H3,(H,26,28)/t20-/m1/s1. The smallest absolute Gasteiger partial charge is 0.231 e. The van der Waals surface area contributed by atoms with E-state index in [1.165, 1.54) is 30.5 Å². The van der Waals surface area contributed by atoms with E-state index in [1.54, 1.807) is 0 Å². The van der Waals surface area contributed by atoms with Gasteiger partial charge in [0.15, 0.2) is 0 Å². The van der Waals surface area contributed by atoms with E-state index in [0.29, 0.717) is 0 Å². The van der Waals surface area contributed by atoms with Crippen molar-refractivity contribution >= 4 is 11.6 Å². The molecule has 0 aromatic heterocycles. The lowest BCUT2D eigenvalue weighted by Gasteiger charge is -2.31. The molecule has 2 aliphatic rings. The maximum absolute atomic E-state index is 13.3. The quantitative estimate of drug-likeness (QED) is 0.761. The molecule has 3 heteroatoms. The molecule has 0 radical (unpaired) electrons. The highest BCUT2D eigenvalue weighted by Gasteiger charge is 2.42. The van der Waals surface area contributed by atoms with Crippen molar-refractivity contribution in [2.24, 2.45) is 0 Å². The third-order valence-corrected chi connectivity index (χ3v) is 6.68. The van der Waals surface area contributed by atoms with E-state index in [0.717, 1.165) is 44.3 Å². The molecular formula is C25H32N2O. The molecule has 28 heavy (non-hydrogen) atoms. The summed E-state index contributed by atoms with van der Waals surface area (Å²) in [7, 11) is 0. The average molecular weight is 377 g/mol. The first-order valence-corrected chi connectivity index (χ1v) is 10.9. The van der Waals surface area contributed by atoms with Crippen molar-refractivity contribution in [2.75, 3.05) is 18.0 Å². The molecule has 0 spiro atoms. The molecule has 2 fully saturated rings. The minimum absolute atomic E-state index is 0.0177. The highest BCUT2D eigenvalue weighted by Crippen LogP contribution is 2.41. The van der Waals surface area contributed by atoms with E-state index in [4.69, 9.17) is 0 Å². The fraction of sp³-hybridized carbons (Fsp3) is 0.480. The molecule has 1 heterocycles. The van der Waals surface area contributed by atoms with Crippen molar-refractivity contribution < 1.29 is 4.79 Å². The van der Waals surface area contributed by atoms with Gasteiger partial charge in [0.25, 0.3) is 0 Å². The minimum Gasteiger partial charge on any atom is -0.372 e. The Labute approximate surface area is 169 Å². The van der Waals surface area contributed by atoms with Gasteiger partial charge in [-0.3, -0.25) is 4.79 Å². The molecule has 1 amide bonds. The zero-order valence-electron chi connectivity index (χ0n) is 17.0. The average Bonchev–Trinajstić information content (AvgIpc) is 3.26. The number of piperidine rings is 1. The predicted octanol–water partition coefficient (Wildman–Crippen LogP) is 5.37. The first-order valence-electron chi connectivity index (χ1n) is 10.9. The summed E-state index contributed by atoms with van der Waals surface area (Å²) in [5.74, 6) is 0.184. The molecule has 148 valence electrons. The SMILES string of the molecule is C[C@@H](NC(=O)C1(c2ccccc2)CCCC1)c1ccc(N2CCCCC2)cc1. The Hall–Kier alpha value is -2.29. The van der Waals surface area contributed by atoms with Crippen LogP contribution in [0.5, 0.6) is 0 Å². The lowest BCUT2D eigenvalue weighted by atomic mass is 9.77. The number of nitrogens with zero attached hydrogens (tertiary/aromatic N) is 1. The van der Waals surface area contributed by atoms with Crippen LogP contribution in [0.15, 0.2) is 54.6 Å². The van der Waals surface area contributed by atoms with Gasteiger partial charge in [0, 0.05) is 18.8 Å². The number of hydrogen-bond acceptors (Lipinski definition) is 2. The van der Waals surface area contributed by atoms with Crippen LogP contribution in [0.2, 0.25) is 0 Å². The number of anilines is 1. The van der Waals surface area contributed by atoms with Crippen LogP contribution in [-0.2, 0) is 10.2 Å². The van der Waals surface area contributed by atoms with Gasteiger partial charge in [-0.15, -0.1) is 0 Å². The van der Waals surface area contributed by atoms with Crippen LogP contribution in [0.25, 0.3) is 0 Å². The second-order valence-electron chi connectivity index (χ2n) is 8.49. The Balaban J connectivity index is 1.46. The van der Waals surface area contributed by atoms with Crippen LogP contribution in [0.4, 0.5) is 5.69 Å². The van der Waals surface area contributed by atoms with Crippen molar-refractivity contribution in [3.05, 3.63) is 65.7 Å². The van der Waals surface area contributed by atoms with Gasteiger partial charge in [0.1, 0.15) is 0 Å². The molecular weight excluding hydrogens is 344 g/mol. The summed E-state index contributed by atoms with van der Waals surface area (Å²) in [6, 6.07) is 19.2. The van der Waals surface area contributed by atoms with Crippen LogP contribution < -0.4 is 10.2 Å². The molecule has 1 aliphatic heterocycles. The first kappa shape index (κ1) is 19.0. The summed E-state index contributed by atoms with van der Waals surface area (Å²) >= 11 is 0. The number of amides is 1. The van der Waals surface area contributed by atoms with Crippen LogP contribution in [0.3, 0.4) is 0 Å². The number of rotatable bonds is 5. The maximum Gasteiger partial charge on any atom is 0.231 e. The van der Waals surface area contributed by atoms with Gasteiger partial charge >= 0.3 is 0 Å². The fourth-order valence-corrected chi connectivity index (χ4v) is 4.93. The van der Waals surface area contributed by atoms with Gasteiger partial charge in [-0.25, -0.2) is 0 Å². The summed E-state index contributed by atoms with van der Waals surface area (Å²) < 4.78 is 0. The second-order valence-corrected chi connectivity index (χ2v) is 8.49. The number of carbonyl (C=O) groups is 1. The molecule has 0 unspecified atom stereocenters. The van der Waals surface area contributed by atoms with Gasteiger partial charge in [-0.1, -0.05) is 55.3 Å². The van der Waals surface area contributed by atoms with Crippen LogP contribution in [0.1, 0.15) is 69.0 Å². The third-order valence-electron chi connectivity index (χ3n) is 6.68. The van der Waals surface area contributed by atoms with Crippen molar-refractivity contribution in [3.8, 4) is 0 Å². The molecule has 2 aromatic rings. The van der Waals surface area contributed by atoms with Crippen LogP contribution >= 0.6 is 0 Å². The summed E-state index contributed by atoms with van der Waals surface area (Å²) in [4.78, 5) is 15.8. The number of carbonyl (C=O) groups excluding carboxylic acids is 1. The minimum atomic E-state index is -0.358. The van der Waals surface area contributed by atoms with Gasteiger partial charge in [0.2, 0.25) is 5.91 Å². The molecule has 1 saturated heterocycles. The Morgan fingerprint density at radius 3 is 2.18 bits per heavy atom. The first-order chi connectivity index (χ1) is 13.7. The normalized spacial score (nSPS) is 20.0. The third kappa shape index (κ3) is 3.80. The van der Waals surface area contributed by atoms with E-state index in [-0.39, 0.29) is 17.4 Å². The zero-order chi connectivity index (χ0) is 19.4. The van der Waals surface area contributed by atoms with E-state index < -0.39 is 0 Å². The zero-order valence-corrected chi connectivity index (χ0v) is 17.0. The van der Waals surface area contributed by atoms with Crippen molar-refractivity contribution in [2.45, 2.75) is 63.3 Å². The maximum atomic E-state index is 13.3. The second kappa shape index (κ2) is 8.38. The highest BCUT2D eigenvalue weighted by atomic mass is 16.2. The Bertz CT molecular complexity index is 772. The molecule has 3 nitrogen and oxygen atoms in total. The van der Waals surface area contributed by atoms with Gasteiger partial charge < -0.3 is 10.2 Å². The predicted molar refractivity (Wildman–Crippen MR) is 116 cm³/mol. The Morgan fingerprint density at radius 2 is 1.54 bits per heavy atom. The van der Waals surface area contributed by atoms with Crippen LogP contribution in [-0.4, -0.2) is 19.0 Å². The summed E-state index contributed by atoms with van der Waals surface area (Å²) in [6.07, 6.45) is 8.07. The lowest BCUT2D eigenvalue weighted by molar-refractivity contribution is -0.127. The van der Waals surface area contributed by atoms with E-state index >= 15 is 0 Å². The monoisotopic (exact) mass is 376 g/mol. The molecule has 1 aliphatic carbocycles. The Kier molecular flexibility index (Phi) is 5.70. The molecule has 0 bridgehead atoms. The molecule has 1 saturated carbocycles. The van der Waals surface area contributed by atoms with Gasteiger partial charge in [0.05, 0.1) is 11.5 Å². The molecule has 2 aromatic carbocycles. The fourth-order valence-electron chi connectivity index (χ4n) is 4.93. The van der Waals surface area contributed by atoms with E-state index in [1.807, 2.05) is 18.2 Å². The van der Waals surface area contributed by atoms with Crippen molar-refractivity contribution in [1.82, 2.24) is 5.32 Å². The lowest BCUT2D eigenvalue weighted by Crippen LogP contribution is -2.43. The largest absolute Gasteiger partial charge is 0.372 e. The van der Waals surface area contributed by atoms with Crippen LogP contribution in [0, 0.1) is 0 Å². The number of benzene rings is 2. The molecule has 1 N–H and O–H groups in total. The summed E-state index contributed by atoms with van der Waals surface area (Å²) in [6.45, 7) is 4.41. The topological polar surface area (TPSA) is 32.3 Å². The van der Waals surface area contributed by atoms with Gasteiger partial charge in [-0.05, 0) is 62.3 Å². The highest BCUT2D eigenvalue weighted by molar-refractivity contribution is 5.89. The van der Waals surface area contributed by atoms with E-state index in [2.05, 4.69) is 53.5 Å². The molecule has 1 atom stereocenters. The Morgan fingerprint density at radius 1 is 0.893 bits per heavy atom. The summed E-state index contributed by atoms with van der Waals surface area (Å²) in [5, 5.41) is 3.32. The number of hydrogen-bond donors (Lipinski definition) is 1. The number of nitrogens with one attached hydrogen (secondary N) is 1. The molecule has 4 rings (SSSR count). The summed E-state index contributed by atoms with van der Waals surface area (Å²) in [5.41, 5.74) is 3.29.